The largest absolute Gasteiger partial charge is 0.508 e. The third-order valence-corrected chi connectivity index (χ3v) is 3.80. The molecule has 0 radical (unpaired) electrons. The van der Waals surface area contributed by atoms with Crippen LogP contribution in [-0.2, 0) is 11.8 Å². The molecule has 0 aromatic heterocycles. The summed E-state index contributed by atoms with van der Waals surface area (Å²) in [5.74, 6) is 0.0152. The molecule has 2 rings (SSSR count). The zero-order valence-electron chi connectivity index (χ0n) is 13.6. The molecule has 3 N–H and O–H groups in total. The van der Waals surface area contributed by atoms with Crippen LogP contribution in [0.2, 0.25) is 0 Å². The Bertz CT molecular complexity index is 682. The summed E-state index contributed by atoms with van der Waals surface area (Å²) in [6, 6.07) is 8.78. The third-order valence-electron chi connectivity index (χ3n) is 3.80. The minimum Gasteiger partial charge on any atom is -0.508 e. The van der Waals surface area contributed by atoms with E-state index in [1.807, 2.05) is 32.9 Å². The van der Waals surface area contributed by atoms with E-state index in [-0.39, 0.29) is 22.7 Å². The molecule has 0 aliphatic rings. The van der Waals surface area contributed by atoms with Crippen LogP contribution in [0.4, 0.5) is 0 Å². The van der Waals surface area contributed by atoms with Crippen LogP contribution in [0.25, 0.3) is 11.1 Å². The molecule has 0 unspecified atom stereocenters. The first-order chi connectivity index (χ1) is 10.2. The lowest BCUT2D eigenvalue weighted by Gasteiger charge is -2.21. The maximum Gasteiger partial charge on any atom is 0.165 e. The fraction of sp³-hybridized carbons (Fsp3) is 0.368. The van der Waals surface area contributed by atoms with E-state index in [0.717, 1.165) is 29.5 Å². The van der Waals surface area contributed by atoms with Gasteiger partial charge in [-0.05, 0) is 52.8 Å². The number of hydrogen-bond acceptors (Lipinski definition) is 3. The van der Waals surface area contributed by atoms with Gasteiger partial charge in [-0.15, -0.1) is 0 Å². The van der Waals surface area contributed by atoms with Gasteiger partial charge in [0, 0.05) is 5.56 Å². The van der Waals surface area contributed by atoms with Gasteiger partial charge in [-0.3, -0.25) is 0 Å². The van der Waals surface area contributed by atoms with E-state index in [9.17, 15) is 15.3 Å². The van der Waals surface area contributed by atoms with E-state index in [2.05, 4.69) is 6.92 Å². The maximum absolute atomic E-state index is 10.2. The average molecular weight is 300 g/mol. The Balaban J connectivity index is 2.61. The van der Waals surface area contributed by atoms with Gasteiger partial charge in [-0.2, -0.15) is 0 Å². The Morgan fingerprint density at radius 1 is 0.909 bits per heavy atom. The van der Waals surface area contributed by atoms with Crippen molar-refractivity contribution in [3.05, 3.63) is 41.5 Å². The number of aromatic hydroxyl groups is 3. The molecule has 3 nitrogen and oxygen atoms in total. The van der Waals surface area contributed by atoms with Crippen LogP contribution in [0.15, 0.2) is 30.3 Å². The second-order valence-electron chi connectivity index (χ2n) is 6.74. The molecule has 0 aliphatic heterocycles. The predicted octanol–water partition coefficient (Wildman–Crippen LogP) is 4.72. The summed E-state index contributed by atoms with van der Waals surface area (Å²) in [5, 5.41) is 30.2. The Kier molecular flexibility index (Phi) is 4.36. The van der Waals surface area contributed by atoms with Crippen molar-refractivity contribution in [2.45, 2.75) is 46.0 Å². The molecule has 0 saturated carbocycles. The number of aryl methyl sites for hydroxylation is 1. The molecular formula is C19H24O3. The fourth-order valence-corrected chi connectivity index (χ4v) is 2.63. The van der Waals surface area contributed by atoms with Crippen LogP contribution in [0.3, 0.4) is 0 Å². The minimum atomic E-state index is -0.210. The molecule has 0 heterocycles. The lowest BCUT2D eigenvalue weighted by atomic mass is 9.84. The van der Waals surface area contributed by atoms with Crippen molar-refractivity contribution in [1.29, 1.82) is 0 Å². The monoisotopic (exact) mass is 300 g/mol. The normalized spacial score (nSPS) is 11.6. The van der Waals surface area contributed by atoms with Crippen molar-refractivity contribution in [2.24, 2.45) is 0 Å². The fourth-order valence-electron chi connectivity index (χ4n) is 2.63. The standard InChI is InChI=1S/C19H24O3/c1-5-6-12-9-14(18(22)17(21)10-12)13-7-8-16(20)15(11-13)19(2,3)4/h7-11,20-22H,5-6H2,1-4H3. The number of phenols is 3. The summed E-state index contributed by atoms with van der Waals surface area (Å²) < 4.78 is 0. The van der Waals surface area contributed by atoms with Crippen molar-refractivity contribution in [2.75, 3.05) is 0 Å². The van der Waals surface area contributed by atoms with Crippen molar-refractivity contribution >= 4 is 0 Å². The third kappa shape index (κ3) is 3.19. The van der Waals surface area contributed by atoms with E-state index in [0.29, 0.717) is 5.56 Å². The van der Waals surface area contributed by atoms with E-state index in [1.165, 1.54) is 0 Å². The Hall–Kier alpha value is -2.16. The quantitative estimate of drug-likeness (QED) is 0.719. The molecule has 118 valence electrons. The van der Waals surface area contributed by atoms with Crippen LogP contribution in [0.1, 0.15) is 45.2 Å². The van der Waals surface area contributed by atoms with E-state index >= 15 is 0 Å². The second-order valence-corrected chi connectivity index (χ2v) is 6.74. The minimum absolute atomic E-state index is 0.105. The summed E-state index contributed by atoms with van der Waals surface area (Å²) in [4.78, 5) is 0. The smallest absolute Gasteiger partial charge is 0.165 e. The highest BCUT2D eigenvalue weighted by Crippen LogP contribution is 2.41. The Morgan fingerprint density at radius 3 is 2.18 bits per heavy atom. The van der Waals surface area contributed by atoms with Gasteiger partial charge in [0.1, 0.15) is 5.75 Å². The molecule has 0 amide bonds. The highest BCUT2D eigenvalue weighted by molar-refractivity contribution is 5.75. The first-order valence-electron chi connectivity index (χ1n) is 7.62. The summed E-state index contributed by atoms with van der Waals surface area (Å²) in [7, 11) is 0. The average Bonchev–Trinajstić information content (AvgIpc) is 2.42. The predicted molar refractivity (Wildman–Crippen MR) is 89.6 cm³/mol. The van der Waals surface area contributed by atoms with E-state index in [1.54, 1.807) is 18.2 Å². The lowest BCUT2D eigenvalue weighted by molar-refractivity contribution is 0.404. The molecule has 3 heteroatoms. The molecule has 2 aromatic rings. The number of hydrogen-bond donors (Lipinski definition) is 3. The topological polar surface area (TPSA) is 60.7 Å². The molecule has 2 aromatic carbocycles. The van der Waals surface area contributed by atoms with E-state index in [4.69, 9.17) is 0 Å². The summed E-state index contributed by atoms with van der Waals surface area (Å²) >= 11 is 0. The molecular weight excluding hydrogens is 276 g/mol. The van der Waals surface area contributed by atoms with Gasteiger partial charge >= 0.3 is 0 Å². The summed E-state index contributed by atoms with van der Waals surface area (Å²) in [6.45, 7) is 8.14. The van der Waals surface area contributed by atoms with Crippen LogP contribution in [-0.4, -0.2) is 15.3 Å². The van der Waals surface area contributed by atoms with Gasteiger partial charge in [0.05, 0.1) is 0 Å². The molecule has 0 aliphatic carbocycles. The Morgan fingerprint density at radius 2 is 1.59 bits per heavy atom. The number of benzene rings is 2. The first kappa shape index (κ1) is 16.2. The first-order valence-corrected chi connectivity index (χ1v) is 7.62. The van der Waals surface area contributed by atoms with Crippen LogP contribution in [0, 0.1) is 0 Å². The summed E-state index contributed by atoms with van der Waals surface area (Å²) in [6.07, 6.45) is 1.80. The maximum atomic E-state index is 10.2. The zero-order chi connectivity index (χ0) is 16.5. The van der Waals surface area contributed by atoms with Gasteiger partial charge < -0.3 is 15.3 Å². The van der Waals surface area contributed by atoms with Gasteiger partial charge in [-0.25, -0.2) is 0 Å². The Labute approximate surface area is 131 Å². The van der Waals surface area contributed by atoms with Crippen molar-refractivity contribution in [1.82, 2.24) is 0 Å². The van der Waals surface area contributed by atoms with Crippen molar-refractivity contribution < 1.29 is 15.3 Å². The van der Waals surface area contributed by atoms with Gasteiger partial charge in [0.25, 0.3) is 0 Å². The highest BCUT2D eigenvalue weighted by Gasteiger charge is 2.20. The van der Waals surface area contributed by atoms with Gasteiger partial charge in [0.15, 0.2) is 11.5 Å². The van der Waals surface area contributed by atoms with Crippen LogP contribution < -0.4 is 0 Å². The molecule has 0 atom stereocenters. The SMILES string of the molecule is CCCc1cc(O)c(O)c(-c2ccc(O)c(C(C)(C)C)c2)c1. The van der Waals surface area contributed by atoms with Crippen LogP contribution >= 0.6 is 0 Å². The number of phenolic OH excluding ortho intramolecular Hbond substituents is 3. The molecule has 0 bridgehead atoms. The molecule has 0 saturated heterocycles. The highest BCUT2D eigenvalue weighted by atomic mass is 16.3. The summed E-state index contributed by atoms with van der Waals surface area (Å²) in [5.41, 5.74) is 2.96. The van der Waals surface area contributed by atoms with Gasteiger partial charge in [-0.1, -0.05) is 40.2 Å². The zero-order valence-corrected chi connectivity index (χ0v) is 13.6. The molecule has 22 heavy (non-hydrogen) atoms. The lowest BCUT2D eigenvalue weighted by Crippen LogP contribution is -2.11. The number of rotatable bonds is 3. The van der Waals surface area contributed by atoms with Gasteiger partial charge in [0.2, 0.25) is 0 Å². The molecule has 0 spiro atoms. The molecule has 0 fully saturated rings. The van der Waals surface area contributed by atoms with E-state index < -0.39 is 0 Å². The van der Waals surface area contributed by atoms with Crippen molar-refractivity contribution in [3.63, 3.8) is 0 Å². The second kappa shape index (κ2) is 5.91. The van der Waals surface area contributed by atoms with Crippen LogP contribution in [0.5, 0.6) is 17.2 Å². The van der Waals surface area contributed by atoms with Crippen molar-refractivity contribution in [3.8, 4) is 28.4 Å².